The van der Waals surface area contributed by atoms with E-state index in [4.69, 9.17) is 9.97 Å². The van der Waals surface area contributed by atoms with Crippen LogP contribution in [0, 0.1) is 0 Å². The fourth-order valence-electron chi connectivity index (χ4n) is 3.14. The van der Waals surface area contributed by atoms with Crippen LogP contribution in [0.15, 0.2) is 6.20 Å². The number of fused-ring (bicyclic) bond motifs is 1. The molecular formula is C15H23N3S2. The first-order valence-electron chi connectivity index (χ1n) is 7.59. The number of thioether (sulfide) groups is 2. The molecule has 1 aliphatic heterocycles. The predicted octanol–water partition coefficient (Wildman–Crippen LogP) is 3.37. The number of nitrogens with zero attached hydrogens (tertiary/aromatic N) is 2. The van der Waals surface area contributed by atoms with Crippen molar-refractivity contribution in [2.24, 2.45) is 0 Å². The SMILES string of the molecule is CCC1SCCSC1c1ncc2c(n1)CCCC2NC. The summed E-state index contributed by atoms with van der Waals surface area (Å²) >= 11 is 4.14. The van der Waals surface area contributed by atoms with Crippen LogP contribution in [0.5, 0.6) is 0 Å². The molecule has 2 aliphatic rings. The van der Waals surface area contributed by atoms with Gasteiger partial charge in [0.2, 0.25) is 0 Å². The molecule has 110 valence electrons. The molecule has 5 heteroatoms. The molecule has 1 saturated heterocycles. The molecule has 2 heterocycles. The van der Waals surface area contributed by atoms with Crippen molar-refractivity contribution in [3.63, 3.8) is 0 Å². The second-order valence-electron chi connectivity index (χ2n) is 5.47. The van der Waals surface area contributed by atoms with E-state index < -0.39 is 0 Å². The van der Waals surface area contributed by atoms with Gasteiger partial charge in [0.05, 0.1) is 5.25 Å². The topological polar surface area (TPSA) is 37.8 Å². The van der Waals surface area contributed by atoms with E-state index in [0.717, 1.165) is 12.2 Å². The van der Waals surface area contributed by atoms with Gasteiger partial charge in [-0.3, -0.25) is 0 Å². The summed E-state index contributed by atoms with van der Waals surface area (Å²) in [6.07, 6.45) is 6.85. The highest BCUT2D eigenvalue weighted by molar-refractivity contribution is 8.06. The van der Waals surface area contributed by atoms with Gasteiger partial charge in [0, 0.05) is 40.3 Å². The van der Waals surface area contributed by atoms with Gasteiger partial charge in [0.1, 0.15) is 5.82 Å². The molecule has 1 fully saturated rings. The average Bonchev–Trinajstić information content (AvgIpc) is 2.53. The summed E-state index contributed by atoms with van der Waals surface area (Å²) in [6, 6.07) is 0.447. The van der Waals surface area contributed by atoms with E-state index in [2.05, 4.69) is 30.2 Å². The summed E-state index contributed by atoms with van der Waals surface area (Å²) in [5.41, 5.74) is 2.61. The Morgan fingerprint density at radius 1 is 1.35 bits per heavy atom. The first-order chi connectivity index (χ1) is 9.83. The van der Waals surface area contributed by atoms with Crippen LogP contribution in [0.4, 0.5) is 0 Å². The van der Waals surface area contributed by atoms with Crippen molar-refractivity contribution in [1.29, 1.82) is 0 Å². The Morgan fingerprint density at radius 2 is 2.20 bits per heavy atom. The molecule has 1 N–H and O–H groups in total. The van der Waals surface area contributed by atoms with Crippen molar-refractivity contribution in [3.05, 3.63) is 23.3 Å². The highest BCUT2D eigenvalue weighted by Gasteiger charge is 2.30. The Morgan fingerprint density at radius 3 is 3.00 bits per heavy atom. The lowest BCUT2D eigenvalue weighted by molar-refractivity contribution is 0.485. The largest absolute Gasteiger partial charge is 0.313 e. The minimum Gasteiger partial charge on any atom is -0.313 e. The Hall–Kier alpha value is -0.260. The zero-order chi connectivity index (χ0) is 13.9. The van der Waals surface area contributed by atoms with Crippen molar-refractivity contribution >= 4 is 23.5 Å². The van der Waals surface area contributed by atoms with E-state index in [9.17, 15) is 0 Å². The first kappa shape index (κ1) is 14.7. The molecule has 0 saturated carbocycles. The molecule has 1 aromatic heterocycles. The summed E-state index contributed by atoms with van der Waals surface area (Å²) in [6.45, 7) is 2.28. The van der Waals surface area contributed by atoms with Gasteiger partial charge in [-0.05, 0) is 32.7 Å². The Labute approximate surface area is 130 Å². The molecule has 0 aromatic carbocycles. The maximum Gasteiger partial charge on any atom is 0.142 e. The summed E-state index contributed by atoms with van der Waals surface area (Å²) < 4.78 is 0. The maximum atomic E-state index is 4.95. The number of aryl methyl sites for hydroxylation is 1. The van der Waals surface area contributed by atoms with Crippen LogP contribution in [0.3, 0.4) is 0 Å². The Balaban J connectivity index is 1.87. The lowest BCUT2D eigenvalue weighted by Crippen LogP contribution is -2.25. The van der Waals surface area contributed by atoms with Gasteiger partial charge in [-0.25, -0.2) is 9.97 Å². The number of nitrogens with one attached hydrogen (secondary N) is 1. The third-order valence-corrected chi connectivity index (χ3v) is 7.50. The zero-order valence-electron chi connectivity index (χ0n) is 12.3. The number of hydrogen-bond donors (Lipinski definition) is 1. The standard InChI is InChI=1S/C15H23N3S2/c1-3-13-14(20-8-7-19-13)15-17-9-10-11(16-2)5-4-6-12(10)18-15/h9,11,13-14,16H,3-8H2,1-2H3. The van der Waals surface area contributed by atoms with E-state index in [1.54, 1.807) is 0 Å². The quantitative estimate of drug-likeness (QED) is 0.926. The number of rotatable bonds is 3. The molecule has 0 spiro atoms. The van der Waals surface area contributed by atoms with E-state index in [1.807, 2.05) is 18.8 Å². The third kappa shape index (κ3) is 2.85. The summed E-state index contributed by atoms with van der Waals surface area (Å²) in [5.74, 6) is 3.57. The lowest BCUT2D eigenvalue weighted by Gasteiger charge is -2.30. The van der Waals surface area contributed by atoms with E-state index >= 15 is 0 Å². The van der Waals surface area contributed by atoms with Gasteiger partial charge in [-0.2, -0.15) is 11.8 Å². The first-order valence-corrected chi connectivity index (χ1v) is 9.69. The molecule has 0 bridgehead atoms. The van der Waals surface area contributed by atoms with Gasteiger partial charge in [0.25, 0.3) is 0 Å². The van der Waals surface area contributed by atoms with Crippen molar-refractivity contribution in [3.8, 4) is 0 Å². The number of hydrogen-bond acceptors (Lipinski definition) is 5. The van der Waals surface area contributed by atoms with Gasteiger partial charge in [-0.15, -0.1) is 11.8 Å². The van der Waals surface area contributed by atoms with E-state index in [0.29, 0.717) is 16.5 Å². The van der Waals surface area contributed by atoms with Crippen LogP contribution in [-0.2, 0) is 6.42 Å². The van der Waals surface area contributed by atoms with Crippen LogP contribution >= 0.6 is 23.5 Å². The van der Waals surface area contributed by atoms with Gasteiger partial charge in [-0.1, -0.05) is 6.92 Å². The van der Waals surface area contributed by atoms with Crippen molar-refractivity contribution in [2.75, 3.05) is 18.6 Å². The fourth-order valence-corrected chi connectivity index (χ4v) is 6.14. The van der Waals surface area contributed by atoms with Crippen LogP contribution in [-0.4, -0.2) is 33.8 Å². The van der Waals surface area contributed by atoms with Crippen molar-refractivity contribution in [1.82, 2.24) is 15.3 Å². The van der Waals surface area contributed by atoms with Crippen molar-refractivity contribution in [2.45, 2.75) is 49.1 Å². The van der Waals surface area contributed by atoms with Crippen LogP contribution in [0.1, 0.15) is 54.6 Å². The minimum absolute atomic E-state index is 0.447. The van der Waals surface area contributed by atoms with Crippen LogP contribution < -0.4 is 5.32 Å². The molecule has 3 unspecified atom stereocenters. The molecule has 1 aliphatic carbocycles. The molecule has 1 aromatic rings. The van der Waals surface area contributed by atoms with Gasteiger partial charge >= 0.3 is 0 Å². The molecule has 3 atom stereocenters. The fraction of sp³-hybridized carbons (Fsp3) is 0.733. The van der Waals surface area contributed by atoms with Crippen LogP contribution in [0.25, 0.3) is 0 Å². The average molecular weight is 310 g/mol. The van der Waals surface area contributed by atoms with Gasteiger partial charge in [0.15, 0.2) is 0 Å². The van der Waals surface area contributed by atoms with E-state index in [1.165, 1.54) is 42.0 Å². The second kappa shape index (κ2) is 6.67. The monoisotopic (exact) mass is 309 g/mol. The Bertz CT molecular complexity index is 466. The second-order valence-corrected chi connectivity index (χ2v) is 8.07. The molecule has 3 nitrogen and oxygen atoms in total. The third-order valence-electron chi connectivity index (χ3n) is 4.26. The van der Waals surface area contributed by atoms with E-state index in [-0.39, 0.29) is 0 Å². The molecule has 0 radical (unpaired) electrons. The summed E-state index contributed by atoms with van der Waals surface area (Å²) in [4.78, 5) is 9.67. The summed E-state index contributed by atoms with van der Waals surface area (Å²) in [7, 11) is 2.04. The van der Waals surface area contributed by atoms with Gasteiger partial charge < -0.3 is 5.32 Å². The number of aromatic nitrogens is 2. The Kier molecular flexibility index (Phi) is 4.89. The predicted molar refractivity (Wildman–Crippen MR) is 88.5 cm³/mol. The molecular weight excluding hydrogens is 286 g/mol. The van der Waals surface area contributed by atoms with Crippen molar-refractivity contribution < 1.29 is 0 Å². The minimum atomic E-state index is 0.447. The smallest absolute Gasteiger partial charge is 0.142 e. The summed E-state index contributed by atoms with van der Waals surface area (Å²) in [5, 5.41) is 4.55. The lowest BCUT2D eigenvalue weighted by atomic mass is 9.92. The highest BCUT2D eigenvalue weighted by atomic mass is 32.2. The molecule has 3 rings (SSSR count). The highest BCUT2D eigenvalue weighted by Crippen LogP contribution is 2.43. The maximum absolute atomic E-state index is 4.95. The molecule has 20 heavy (non-hydrogen) atoms. The van der Waals surface area contributed by atoms with Crippen LogP contribution in [0.2, 0.25) is 0 Å². The normalized spacial score (nSPS) is 30.0. The zero-order valence-corrected chi connectivity index (χ0v) is 13.9. The molecule has 0 amide bonds.